The van der Waals surface area contributed by atoms with Crippen molar-refractivity contribution >= 4 is 11.6 Å². The SMILES string of the molecule is COC1=CC(=O)C=C(Oc2c(C)cccc2C)C1=O. The van der Waals surface area contributed by atoms with Crippen molar-refractivity contribution in [3.63, 3.8) is 0 Å². The van der Waals surface area contributed by atoms with Crippen LogP contribution in [0.3, 0.4) is 0 Å². The van der Waals surface area contributed by atoms with Crippen LogP contribution in [0.25, 0.3) is 0 Å². The first-order valence-corrected chi connectivity index (χ1v) is 5.83. The van der Waals surface area contributed by atoms with Crippen LogP contribution < -0.4 is 4.74 Å². The Morgan fingerprint density at radius 1 is 0.947 bits per heavy atom. The Morgan fingerprint density at radius 2 is 1.53 bits per heavy atom. The fourth-order valence-electron chi connectivity index (χ4n) is 1.85. The lowest BCUT2D eigenvalue weighted by atomic mass is 10.1. The van der Waals surface area contributed by atoms with E-state index in [-0.39, 0.29) is 17.3 Å². The van der Waals surface area contributed by atoms with Gasteiger partial charge in [0.05, 0.1) is 7.11 Å². The van der Waals surface area contributed by atoms with Gasteiger partial charge in [-0.3, -0.25) is 9.59 Å². The lowest BCUT2D eigenvalue weighted by molar-refractivity contribution is -0.119. The minimum atomic E-state index is -0.426. The second-order valence-electron chi connectivity index (χ2n) is 4.28. The molecule has 0 atom stereocenters. The Bertz CT molecular complexity index is 588. The Balaban J connectivity index is 2.34. The number of carbonyl (C=O) groups excluding carboxylic acids is 2. The molecule has 4 nitrogen and oxygen atoms in total. The predicted molar refractivity (Wildman–Crippen MR) is 69.7 cm³/mol. The molecule has 19 heavy (non-hydrogen) atoms. The number of benzene rings is 1. The van der Waals surface area contributed by atoms with Crippen LogP contribution in [-0.4, -0.2) is 18.7 Å². The highest BCUT2D eigenvalue weighted by atomic mass is 16.5. The first kappa shape index (κ1) is 13.1. The second-order valence-corrected chi connectivity index (χ2v) is 4.28. The molecule has 0 radical (unpaired) electrons. The Kier molecular flexibility index (Phi) is 3.51. The van der Waals surface area contributed by atoms with Gasteiger partial charge < -0.3 is 9.47 Å². The van der Waals surface area contributed by atoms with Crippen molar-refractivity contribution < 1.29 is 19.1 Å². The van der Waals surface area contributed by atoms with Crippen molar-refractivity contribution in [3.8, 4) is 5.75 Å². The summed E-state index contributed by atoms with van der Waals surface area (Å²) < 4.78 is 10.5. The van der Waals surface area contributed by atoms with E-state index in [2.05, 4.69) is 0 Å². The molecule has 0 saturated carbocycles. The predicted octanol–water partition coefficient (Wildman–Crippen LogP) is 2.25. The Hall–Kier alpha value is -2.36. The number of Topliss-reactive ketones (excluding diaryl/α,β-unsaturated/α-hetero) is 1. The first-order chi connectivity index (χ1) is 9.02. The summed E-state index contributed by atoms with van der Waals surface area (Å²) in [7, 11) is 1.35. The third-order valence-electron chi connectivity index (χ3n) is 2.83. The zero-order valence-corrected chi connectivity index (χ0v) is 11.0. The number of para-hydroxylation sites is 1. The molecule has 0 aromatic heterocycles. The molecule has 0 aliphatic heterocycles. The molecule has 0 unspecified atom stereocenters. The van der Waals surface area contributed by atoms with Crippen molar-refractivity contribution in [2.75, 3.05) is 7.11 Å². The summed E-state index contributed by atoms with van der Waals surface area (Å²) in [5, 5.41) is 0. The zero-order valence-electron chi connectivity index (χ0n) is 11.0. The summed E-state index contributed by atoms with van der Waals surface area (Å²) in [5.74, 6) is -0.176. The molecule has 0 saturated heterocycles. The summed E-state index contributed by atoms with van der Waals surface area (Å²) in [6, 6.07) is 5.66. The van der Waals surface area contributed by atoms with Gasteiger partial charge in [-0.1, -0.05) is 18.2 Å². The number of aryl methyl sites for hydroxylation is 2. The third-order valence-corrected chi connectivity index (χ3v) is 2.83. The van der Waals surface area contributed by atoms with Crippen LogP contribution in [0.15, 0.2) is 41.9 Å². The molecule has 1 aromatic carbocycles. The molecule has 98 valence electrons. The van der Waals surface area contributed by atoms with Crippen LogP contribution in [0.2, 0.25) is 0 Å². The van der Waals surface area contributed by atoms with E-state index >= 15 is 0 Å². The normalized spacial score (nSPS) is 14.9. The Morgan fingerprint density at radius 3 is 2.11 bits per heavy atom. The molecule has 0 bridgehead atoms. The monoisotopic (exact) mass is 258 g/mol. The number of hydrogen-bond acceptors (Lipinski definition) is 4. The van der Waals surface area contributed by atoms with E-state index in [0.29, 0.717) is 5.75 Å². The van der Waals surface area contributed by atoms with Gasteiger partial charge in [0.1, 0.15) is 5.75 Å². The van der Waals surface area contributed by atoms with Gasteiger partial charge in [-0.2, -0.15) is 0 Å². The van der Waals surface area contributed by atoms with Gasteiger partial charge in [0, 0.05) is 12.2 Å². The van der Waals surface area contributed by atoms with Crippen LogP contribution in [0.1, 0.15) is 11.1 Å². The molecule has 1 aliphatic carbocycles. The van der Waals surface area contributed by atoms with Crippen LogP contribution in [0.4, 0.5) is 0 Å². The summed E-state index contributed by atoms with van der Waals surface area (Å²) in [4.78, 5) is 23.5. The van der Waals surface area contributed by atoms with Gasteiger partial charge in [0.15, 0.2) is 17.3 Å². The second kappa shape index (κ2) is 5.10. The summed E-state index contributed by atoms with van der Waals surface area (Å²) in [5.41, 5.74) is 1.80. The number of hydrogen-bond donors (Lipinski definition) is 0. The van der Waals surface area contributed by atoms with Crippen LogP contribution in [0.5, 0.6) is 5.75 Å². The van der Waals surface area contributed by atoms with Gasteiger partial charge in [0.2, 0.25) is 0 Å². The number of methoxy groups -OCH3 is 1. The largest absolute Gasteiger partial charge is 0.492 e. The van der Waals surface area contributed by atoms with E-state index in [4.69, 9.17) is 9.47 Å². The average Bonchev–Trinajstić information content (AvgIpc) is 2.37. The maximum atomic E-state index is 12.0. The highest BCUT2D eigenvalue weighted by Crippen LogP contribution is 2.26. The van der Waals surface area contributed by atoms with E-state index in [9.17, 15) is 9.59 Å². The van der Waals surface area contributed by atoms with Crippen molar-refractivity contribution in [1.29, 1.82) is 0 Å². The van der Waals surface area contributed by atoms with Crippen LogP contribution >= 0.6 is 0 Å². The zero-order chi connectivity index (χ0) is 14.0. The lowest BCUT2D eigenvalue weighted by Crippen LogP contribution is -2.19. The molecular weight excluding hydrogens is 244 g/mol. The molecule has 0 fully saturated rings. The quantitative estimate of drug-likeness (QED) is 0.780. The van der Waals surface area contributed by atoms with Gasteiger partial charge in [-0.15, -0.1) is 0 Å². The summed E-state index contributed by atoms with van der Waals surface area (Å²) in [6.45, 7) is 3.76. The maximum absolute atomic E-state index is 12.0. The molecule has 0 heterocycles. The number of rotatable bonds is 3. The van der Waals surface area contributed by atoms with E-state index < -0.39 is 5.78 Å². The molecule has 0 N–H and O–H groups in total. The number of carbonyl (C=O) groups is 2. The fourth-order valence-corrected chi connectivity index (χ4v) is 1.85. The van der Waals surface area contributed by atoms with Gasteiger partial charge in [-0.05, 0) is 25.0 Å². The Labute approximate surface area is 111 Å². The van der Waals surface area contributed by atoms with Gasteiger partial charge in [-0.25, -0.2) is 0 Å². The van der Waals surface area contributed by atoms with E-state index in [1.54, 1.807) is 0 Å². The maximum Gasteiger partial charge on any atom is 0.262 e. The van der Waals surface area contributed by atoms with Gasteiger partial charge in [0.25, 0.3) is 5.78 Å². The molecule has 0 amide bonds. The smallest absolute Gasteiger partial charge is 0.262 e. The van der Waals surface area contributed by atoms with Crippen LogP contribution in [0, 0.1) is 13.8 Å². The van der Waals surface area contributed by atoms with E-state index in [1.807, 2.05) is 32.0 Å². The number of allylic oxidation sites excluding steroid dienone is 2. The molecule has 4 heteroatoms. The van der Waals surface area contributed by atoms with Crippen LogP contribution in [-0.2, 0) is 14.3 Å². The number of ether oxygens (including phenoxy) is 2. The third kappa shape index (κ3) is 2.57. The first-order valence-electron chi connectivity index (χ1n) is 5.83. The minimum Gasteiger partial charge on any atom is -0.492 e. The minimum absolute atomic E-state index is 0.00580. The highest BCUT2D eigenvalue weighted by molar-refractivity contribution is 6.18. The topological polar surface area (TPSA) is 52.6 Å². The molecule has 0 spiro atoms. The van der Waals surface area contributed by atoms with Crippen molar-refractivity contribution in [2.24, 2.45) is 0 Å². The van der Waals surface area contributed by atoms with Crippen molar-refractivity contribution in [1.82, 2.24) is 0 Å². The summed E-state index contributed by atoms with van der Waals surface area (Å²) in [6.07, 6.45) is 2.33. The molecule has 2 rings (SSSR count). The molecular formula is C15H14O4. The van der Waals surface area contributed by atoms with Crippen molar-refractivity contribution in [3.05, 3.63) is 53.0 Å². The van der Waals surface area contributed by atoms with Gasteiger partial charge >= 0.3 is 0 Å². The average molecular weight is 258 g/mol. The molecule has 1 aliphatic rings. The fraction of sp³-hybridized carbons (Fsp3) is 0.200. The lowest BCUT2D eigenvalue weighted by Gasteiger charge is -2.16. The molecule has 1 aromatic rings. The van der Waals surface area contributed by atoms with Crippen molar-refractivity contribution in [2.45, 2.75) is 13.8 Å². The number of ketones is 2. The highest BCUT2D eigenvalue weighted by Gasteiger charge is 2.25. The van der Waals surface area contributed by atoms with E-state index in [1.165, 1.54) is 13.2 Å². The standard InChI is InChI=1S/C15H14O4/c1-9-5-4-6-10(2)15(9)19-13-8-11(16)7-12(18-3)14(13)17/h4-8H,1-3H3. The summed E-state index contributed by atoms with van der Waals surface area (Å²) >= 11 is 0. The van der Waals surface area contributed by atoms with E-state index in [0.717, 1.165) is 17.2 Å².